The fourth-order valence-electron chi connectivity index (χ4n) is 2.41. The van der Waals surface area contributed by atoms with Gasteiger partial charge in [0.05, 0.1) is 5.41 Å². The Kier molecular flexibility index (Phi) is 2.69. The SMILES string of the molecule is O=C(NCC1(C(=O)O)CC1)c1ccc2c(c1)CCN2. The molecular weight excluding hydrogens is 244 g/mol. The molecule has 0 unspecified atom stereocenters. The third kappa shape index (κ3) is 2.16. The normalized spacial score (nSPS) is 18.3. The Hall–Kier alpha value is -2.04. The fourth-order valence-corrected chi connectivity index (χ4v) is 2.41. The van der Waals surface area contributed by atoms with Crippen LogP contribution in [0.5, 0.6) is 0 Å². The predicted octanol–water partition coefficient (Wildman–Crippen LogP) is 1.25. The van der Waals surface area contributed by atoms with Crippen molar-refractivity contribution in [2.45, 2.75) is 19.3 Å². The van der Waals surface area contributed by atoms with Crippen molar-refractivity contribution in [2.24, 2.45) is 5.41 Å². The van der Waals surface area contributed by atoms with E-state index in [2.05, 4.69) is 10.6 Å². The van der Waals surface area contributed by atoms with Gasteiger partial charge < -0.3 is 15.7 Å². The van der Waals surface area contributed by atoms with E-state index >= 15 is 0 Å². The zero-order valence-corrected chi connectivity index (χ0v) is 10.5. The maximum atomic E-state index is 12.0. The number of anilines is 1. The van der Waals surface area contributed by atoms with Crippen LogP contribution in [-0.2, 0) is 11.2 Å². The van der Waals surface area contributed by atoms with Gasteiger partial charge in [0.1, 0.15) is 0 Å². The van der Waals surface area contributed by atoms with Crippen molar-refractivity contribution in [3.05, 3.63) is 29.3 Å². The summed E-state index contributed by atoms with van der Waals surface area (Å²) in [6.45, 7) is 1.12. The molecule has 1 aliphatic carbocycles. The molecule has 1 heterocycles. The van der Waals surface area contributed by atoms with Crippen LogP contribution in [0.4, 0.5) is 5.69 Å². The maximum Gasteiger partial charge on any atom is 0.311 e. The molecule has 3 N–H and O–H groups in total. The molecule has 0 saturated heterocycles. The van der Waals surface area contributed by atoms with Gasteiger partial charge in [0.25, 0.3) is 5.91 Å². The molecule has 1 fully saturated rings. The molecule has 1 amide bonds. The molecule has 5 heteroatoms. The molecule has 19 heavy (non-hydrogen) atoms. The second kappa shape index (κ2) is 4.26. The quantitative estimate of drug-likeness (QED) is 0.761. The Morgan fingerprint density at radius 2 is 2.16 bits per heavy atom. The molecule has 1 aliphatic heterocycles. The van der Waals surface area contributed by atoms with Crippen molar-refractivity contribution in [2.75, 3.05) is 18.4 Å². The molecule has 1 saturated carbocycles. The third-order valence-electron chi connectivity index (χ3n) is 3.97. The minimum absolute atomic E-state index is 0.192. The molecular formula is C14H16N2O3. The highest BCUT2D eigenvalue weighted by molar-refractivity contribution is 5.95. The average Bonchev–Trinajstić information content (AvgIpc) is 3.06. The highest BCUT2D eigenvalue weighted by atomic mass is 16.4. The summed E-state index contributed by atoms with van der Waals surface area (Å²) in [5.41, 5.74) is 2.12. The Bertz CT molecular complexity index is 550. The molecule has 2 aliphatic rings. The van der Waals surface area contributed by atoms with E-state index in [1.54, 1.807) is 6.07 Å². The van der Waals surface area contributed by atoms with E-state index < -0.39 is 11.4 Å². The molecule has 0 radical (unpaired) electrons. The van der Waals surface area contributed by atoms with Crippen molar-refractivity contribution >= 4 is 17.6 Å². The van der Waals surface area contributed by atoms with Crippen LogP contribution in [0, 0.1) is 5.41 Å². The second-order valence-electron chi connectivity index (χ2n) is 5.32. The Morgan fingerprint density at radius 1 is 1.37 bits per heavy atom. The number of carboxylic acid groups (broad SMARTS) is 1. The predicted molar refractivity (Wildman–Crippen MR) is 70.3 cm³/mol. The van der Waals surface area contributed by atoms with Crippen LogP contribution in [0.1, 0.15) is 28.8 Å². The van der Waals surface area contributed by atoms with Gasteiger partial charge in [-0.3, -0.25) is 9.59 Å². The number of rotatable bonds is 4. The lowest BCUT2D eigenvalue weighted by atomic mass is 10.1. The van der Waals surface area contributed by atoms with Crippen molar-refractivity contribution in [3.8, 4) is 0 Å². The molecule has 1 aromatic rings. The van der Waals surface area contributed by atoms with Gasteiger partial charge in [0.15, 0.2) is 0 Å². The first kappa shape index (κ1) is 12.0. The van der Waals surface area contributed by atoms with Crippen LogP contribution in [-0.4, -0.2) is 30.1 Å². The lowest BCUT2D eigenvalue weighted by Gasteiger charge is -2.11. The first-order valence-corrected chi connectivity index (χ1v) is 6.49. The van der Waals surface area contributed by atoms with Crippen LogP contribution in [0.2, 0.25) is 0 Å². The molecule has 0 spiro atoms. The number of hydrogen-bond acceptors (Lipinski definition) is 3. The molecule has 100 valence electrons. The topological polar surface area (TPSA) is 78.4 Å². The van der Waals surface area contributed by atoms with Gasteiger partial charge in [0, 0.05) is 24.3 Å². The van der Waals surface area contributed by atoms with Crippen LogP contribution < -0.4 is 10.6 Å². The number of benzene rings is 1. The molecule has 1 aromatic carbocycles. The summed E-state index contributed by atoms with van der Waals surface area (Å²) in [5, 5.41) is 15.0. The van der Waals surface area contributed by atoms with Gasteiger partial charge >= 0.3 is 5.97 Å². The summed E-state index contributed by atoms with van der Waals surface area (Å²) in [6, 6.07) is 5.55. The summed E-state index contributed by atoms with van der Waals surface area (Å²) in [4.78, 5) is 23.0. The standard InChI is InChI=1S/C14H16N2O3/c17-12(16-8-14(4-5-14)13(18)19)10-1-2-11-9(7-10)3-6-15-11/h1-2,7,15H,3-6,8H2,(H,16,17)(H,18,19). The van der Waals surface area contributed by atoms with E-state index in [1.807, 2.05) is 12.1 Å². The largest absolute Gasteiger partial charge is 0.481 e. The lowest BCUT2D eigenvalue weighted by molar-refractivity contribution is -0.143. The number of nitrogens with one attached hydrogen (secondary N) is 2. The number of amides is 1. The smallest absolute Gasteiger partial charge is 0.311 e. The minimum atomic E-state index is -0.814. The molecule has 0 aromatic heterocycles. The number of carboxylic acids is 1. The maximum absolute atomic E-state index is 12.0. The highest BCUT2D eigenvalue weighted by Gasteiger charge is 2.50. The molecule has 0 bridgehead atoms. The van der Waals surface area contributed by atoms with E-state index in [-0.39, 0.29) is 12.5 Å². The number of carbonyl (C=O) groups excluding carboxylic acids is 1. The molecule has 5 nitrogen and oxygen atoms in total. The number of fused-ring (bicyclic) bond motifs is 1. The number of aliphatic carboxylic acids is 1. The average molecular weight is 260 g/mol. The van der Waals surface area contributed by atoms with Crippen LogP contribution >= 0.6 is 0 Å². The number of carbonyl (C=O) groups is 2. The first-order chi connectivity index (χ1) is 9.11. The summed E-state index contributed by atoms with van der Waals surface area (Å²) >= 11 is 0. The van der Waals surface area contributed by atoms with E-state index in [4.69, 9.17) is 5.11 Å². The fraction of sp³-hybridized carbons (Fsp3) is 0.429. The second-order valence-corrected chi connectivity index (χ2v) is 5.32. The minimum Gasteiger partial charge on any atom is -0.481 e. The van der Waals surface area contributed by atoms with Crippen molar-refractivity contribution in [3.63, 3.8) is 0 Å². The third-order valence-corrected chi connectivity index (χ3v) is 3.97. The summed E-state index contributed by atoms with van der Waals surface area (Å²) < 4.78 is 0. The van der Waals surface area contributed by atoms with Gasteiger partial charge in [0.2, 0.25) is 0 Å². The first-order valence-electron chi connectivity index (χ1n) is 6.49. The highest BCUT2D eigenvalue weighted by Crippen LogP contribution is 2.45. The number of hydrogen-bond donors (Lipinski definition) is 3. The lowest BCUT2D eigenvalue weighted by Crippen LogP contribution is -2.34. The molecule has 3 rings (SSSR count). The monoisotopic (exact) mass is 260 g/mol. The van der Waals surface area contributed by atoms with Crippen LogP contribution in [0.25, 0.3) is 0 Å². The van der Waals surface area contributed by atoms with E-state index in [9.17, 15) is 9.59 Å². The molecule has 0 atom stereocenters. The van der Waals surface area contributed by atoms with E-state index in [0.717, 1.165) is 24.2 Å². The zero-order valence-electron chi connectivity index (χ0n) is 10.5. The van der Waals surface area contributed by atoms with E-state index in [0.29, 0.717) is 18.4 Å². The van der Waals surface area contributed by atoms with Gasteiger partial charge in [-0.15, -0.1) is 0 Å². The van der Waals surface area contributed by atoms with Crippen LogP contribution in [0.3, 0.4) is 0 Å². The van der Waals surface area contributed by atoms with Crippen molar-refractivity contribution < 1.29 is 14.7 Å². The van der Waals surface area contributed by atoms with Crippen LogP contribution in [0.15, 0.2) is 18.2 Å². The summed E-state index contributed by atoms with van der Waals surface area (Å²) in [6.07, 6.45) is 2.23. The van der Waals surface area contributed by atoms with Gasteiger partial charge in [-0.05, 0) is 43.0 Å². The summed E-state index contributed by atoms with van der Waals surface area (Å²) in [7, 11) is 0. The van der Waals surface area contributed by atoms with Gasteiger partial charge in [-0.2, -0.15) is 0 Å². The Labute approximate surface area is 111 Å². The zero-order chi connectivity index (χ0) is 13.5. The summed E-state index contributed by atoms with van der Waals surface area (Å²) in [5.74, 6) is -1.01. The van der Waals surface area contributed by atoms with E-state index in [1.165, 1.54) is 0 Å². The van der Waals surface area contributed by atoms with Crippen molar-refractivity contribution in [1.82, 2.24) is 5.32 Å². The Balaban J connectivity index is 1.66. The Morgan fingerprint density at radius 3 is 2.84 bits per heavy atom. The van der Waals surface area contributed by atoms with Gasteiger partial charge in [-0.25, -0.2) is 0 Å². The van der Waals surface area contributed by atoms with Gasteiger partial charge in [-0.1, -0.05) is 0 Å². The van der Waals surface area contributed by atoms with Crippen molar-refractivity contribution in [1.29, 1.82) is 0 Å².